The molecule has 5 N–H and O–H groups in total. The molecule has 1 saturated heterocycles. The number of hydrogen-bond donors (Lipinski definition) is 5. The lowest BCUT2D eigenvalue weighted by Crippen LogP contribution is -2.54. The highest BCUT2D eigenvalue weighted by atomic mass is 16.4. The largest absolute Gasteiger partial charge is 0.473 e. The number of hydrogen-bond acceptors (Lipinski definition) is 7. The van der Waals surface area contributed by atoms with E-state index in [1.54, 1.807) is 0 Å². The van der Waals surface area contributed by atoms with Gasteiger partial charge in [0.2, 0.25) is 5.91 Å². The summed E-state index contributed by atoms with van der Waals surface area (Å²) >= 11 is 0. The van der Waals surface area contributed by atoms with Gasteiger partial charge in [-0.2, -0.15) is 0 Å². The maximum absolute atomic E-state index is 12.1. The molecule has 194 valence electrons. The summed E-state index contributed by atoms with van der Waals surface area (Å²) in [6.45, 7) is 10.9. The number of carbonyl (C=O) groups excluding carboxylic acids is 1. The van der Waals surface area contributed by atoms with Gasteiger partial charge in [0.25, 0.3) is 0 Å². The second-order valence-electron chi connectivity index (χ2n) is 7.71. The fourth-order valence-corrected chi connectivity index (χ4v) is 2.81. The van der Waals surface area contributed by atoms with Gasteiger partial charge in [-0.05, 0) is 26.3 Å². The average Bonchev–Trinajstić information content (AvgIpc) is 2.80. The predicted molar refractivity (Wildman–Crippen MR) is 127 cm³/mol. The van der Waals surface area contributed by atoms with Gasteiger partial charge in [0, 0.05) is 38.8 Å². The Morgan fingerprint density at radius 3 is 1.69 bits per heavy atom. The Morgan fingerprint density at radius 2 is 1.29 bits per heavy atom. The zero-order valence-electron chi connectivity index (χ0n) is 20.0. The molecule has 0 bridgehead atoms. The molecule has 2 rings (SSSR count). The van der Waals surface area contributed by atoms with E-state index in [2.05, 4.69) is 51.5 Å². The maximum atomic E-state index is 12.1. The molecule has 1 heterocycles. The number of nitrogens with zero attached hydrogens (tertiary/aromatic N) is 2. The minimum Gasteiger partial charge on any atom is -0.473 e. The van der Waals surface area contributed by atoms with Crippen molar-refractivity contribution in [2.75, 3.05) is 32.7 Å². The van der Waals surface area contributed by atoms with Gasteiger partial charge in [0.05, 0.1) is 6.04 Å². The molecule has 1 aliphatic heterocycles. The second-order valence-corrected chi connectivity index (χ2v) is 7.71. The Labute approximate surface area is 203 Å². The number of nitrogens with one attached hydrogen (secondary N) is 1. The SMILES string of the molecule is CC(C)NC(=O)C(C)N1CCN(C/C=C/c2ccccc2)CC1.O=C(O)C(=O)O.O=C(O)C(=O)O. The summed E-state index contributed by atoms with van der Waals surface area (Å²) in [5, 5.41) is 32.6. The Morgan fingerprint density at radius 1 is 0.829 bits per heavy atom. The smallest absolute Gasteiger partial charge is 0.414 e. The van der Waals surface area contributed by atoms with E-state index in [1.807, 2.05) is 26.8 Å². The first-order chi connectivity index (χ1) is 16.3. The van der Waals surface area contributed by atoms with Crippen LogP contribution in [0.25, 0.3) is 6.08 Å². The molecule has 1 atom stereocenters. The molecule has 1 fully saturated rings. The van der Waals surface area contributed by atoms with Gasteiger partial charge in [0.1, 0.15) is 0 Å². The highest BCUT2D eigenvalue weighted by molar-refractivity contribution is 6.27. The van der Waals surface area contributed by atoms with Crippen LogP contribution < -0.4 is 5.32 Å². The summed E-state index contributed by atoms with van der Waals surface area (Å²) in [5.41, 5.74) is 1.24. The second kappa shape index (κ2) is 16.8. The van der Waals surface area contributed by atoms with Gasteiger partial charge < -0.3 is 25.7 Å². The molecule has 1 aromatic rings. The predicted octanol–water partition coefficient (Wildman–Crippen LogP) is 0.542. The third-order valence-corrected chi connectivity index (χ3v) is 4.60. The zero-order valence-corrected chi connectivity index (χ0v) is 20.0. The summed E-state index contributed by atoms with van der Waals surface area (Å²) in [4.78, 5) is 53.2. The van der Waals surface area contributed by atoms with Crippen molar-refractivity contribution >= 4 is 35.9 Å². The molecule has 1 unspecified atom stereocenters. The zero-order chi connectivity index (χ0) is 27.0. The van der Waals surface area contributed by atoms with E-state index in [-0.39, 0.29) is 18.0 Å². The van der Waals surface area contributed by atoms with Crippen molar-refractivity contribution in [3.63, 3.8) is 0 Å². The molecule has 0 spiro atoms. The van der Waals surface area contributed by atoms with Gasteiger partial charge in [-0.1, -0.05) is 42.5 Å². The maximum Gasteiger partial charge on any atom is 0.414 e. The highest BCUT2D eigenvalue weighted by Crippen LogP contribution is 2.08. The molecule has 1 aliphatic rings. The third kappa shape index (κ3) is 14.9. The van der Waals surface area contributed by atoms with Crippen LogP contribution >= 0.6 is 0 Å². The van der Waals surface area contributed by atoms with Crippen LogP contribution in [0.1, 0.15) is 26.3 Å². The molecule has 12 heteroatoms. The number of carboxylic acid groups (broad SMARTS) is 4. The first-order valence-electron chi connectivity index (χ1n) is 10.8. The number of carbonyl (C=O) groups is 5. The van der Waals surface area contributed by atoms with Gasteiger partial charge in [0.15, 0.2) is 0 Å². The summed E-state index contributed by atoms with van der Waals surface area (Å²) in [6, 6.07) is 10.5. The van der Waals surface area contributed by atoms with Gasteiger partial charge >= 0.3 is 23.9 Å². The van der Waals surface area contributed by atoms with E-state index in [1.165, 1.54) is 5.56 Å². The van der Waals surface area contributed by atoms with Crippen molar-refractivity contribution in [2.24, 2.45) is 0 Å². The lowest BCUT2D eigenvalue weighted by Gasteiger charge is -2.37. The topological polar surface area (TPSA) is 185 Å². The summed E-state index contributed by atoms with van der Waals surface area (Å²) < 4.78 is 0. The van der Waals surface area contributed by atoms with Crippen molar-refractivity contribution in [2.45, 2.75) is 32.9 Å². The first kappa shape index (κ1) is 31.2. The molecule has 35 heavy (non-hydrogen) atoms. The summed E-state index contributed by atoms with van der Waals surface area (Å²) in [7, 11) is 0. The number of carboxylic acids is 4. The van der Waals surface area contributed by atoms with Crippen molar-refractivity contribution in [3.8, 4) is 0 Å². The van der Waals surface area contributed by atoms with Crippen LogP contribution in [0.2, 0.25) is 0 Å². The Bertz CT molecular complexity index is 816. The van der Waals surface area contributed by atoms with Crippen molar-refractivity contribution in [3.05, 3.63) is 42.0 Å². The minimum atomic E-state index is -1.82. The number of rotatable bonds is 6. The van der Waals surface area contributed by atoms with E-state index < -0.39 is 23.9 Å². The van der Waals surface area contributed by atoms with Gasteiger partial charge in [-0.25, -0.2) is 19.2 Å². The molecule has 1 aromatic carbocycles. The number of benzene rings is 1. The van der Waals surface area contributed by atoms with E-state index in [4.69, 9.17) is 39.6 Å². The average molecular weight is 496 g/mol. The van der Waals surface area contributed by atoms with Crippen LogP contribution in [0.5, 0.6) is 0 Å². The molecule has 12 nitrogen and oxygen atoms in total. The van der Waals surface area contributed by atoms with Gasteiger partial charge in [-0.15, -0.1) is 0 Å². The van der Waals surface area contributed by atoms with Crippen molar-refractivity contribution < 1.29 is 44.4 Å². The molecule has 0 aromatic heterocycles. The molecule has 1 amide bonds. The van der Waals surface area contributed by atoms with E-state index in [0.717, 1.165) is 32.7 Å². The highest BCUT2D eigenvalue weighted by Gasteiger charge is 2.25. The van der Waals surface area contributed by atoms with Crippen LogP contribution in [0.3, 0.4) is 0 Å². The monoisotopic (exact) mass is 495 g/mol. The number of aliphatic carboxylic acids is 4. The standard InChI is InChI=1S/C19H29N3O.2C2H2O4/c1-16(2)20-19(23)17(3)22-14-12-21(13-15-22)11-7-10-18-8-5-4-6-9-18;2*3-1(4)2(5)6/h4-10,16-17H,11-15H2,1-3H3,(H,20,23);2*(H,3,4)(H,5,6)/b10-7+;;. The van der Waals surface area contributed by atoms with Crippen LogP contribution in [0, 0.1) is 0 Å². The molecule has 0 saturated carbocycles. The fraction of sp³-hybridized carbons (Fsp3) is 0.435. The van der Waals surface area contributed by atoms with Crippen molar-refractivity contribution in [1.82, 2.24) is 15.1 Å². The third-order valence-electron chi connectivity index (χ3n) is 4.60. The fourth-order valence-electron chi connectivity index (χ4n) is 2.81. The minimum absolute atomic E-state index is 0.0422. The number of amides is 1. The van der Waals surface area contributed by atoms with Crippen LogP contribution in [0.15, 0.2) is 36.4 Å². The Kier molecular flexibility index (Phi) is 15.0. The van der Waals surface area contributed by atoms with Crippen molar-refractivity contribution in [1.29, 1.82) is 0 Å². The Hall–Kier alpha value is -3.77. The van der Waals surface area contributed by atoms with E-state index >= 15 is 0 Å². The molecular weight excluding hydrogens is 462 g/mol. The normalized spacial score (nSPS) is 14.6. The molecule has 0 radical (unpaired) electrons. The summed E-state index contributed by atoms with van der Waals surface area (Å²) in [6.07, 6.45) is 4.39. The first-order valence-corrected chi connectivity index (χ1v) is 10.8. The van der Waals surface area contributed by atoms with Crippen LogP contribution in [-0.4, -0.2) is 105 Å². The Balaban J connectivity index is 0.000000797. The lowest BCUT2D eigenvalue weighted by molar-refractivity contribution is -0.159. The van der Waals surface area contributed by atoms with E-state index in [0.29, 0.717) is 0 Å². The van der Waals surface area contributed by atoms with E-state index in [9.17, 15) is 4.79 Å². The summed E-state index contributed by atoms with van der Waals surface area (Å²) in [5.74, 6) is -7.16. The van der Waals surface area contributed by atoms with Gasteiger partial charge in [-0.3, -0.25) is 14.6 Å². The van der Waals surface area contributed by atoms with Crippen LogP contribution in [0.4, 0.5) is 0 Å². The molecule has 0 aliphatic carbocycles. The lowest BCUT2D eigenvalue weighted by atomic mass is 10.2. The molecular formula is C23H33N3O9. The number of piperazine rings is 1. The van der Waals surface area contributed by atoms with Crippen LogP contribution in [-0.2, 0) is 24.0 Å². The quantitative estimate of drug-likeness (QED) is 0.347.